The molecule has 0 heterocycles. The predicted octanol–water partition coefficient (Wildman–Crippen LogP) is 5.14. The van der Waals surface area contributed by atoms with Gasteiger partial charge in [-0.25, -0.2) is 0 Å². The molecule has 1 aliphatic rings. The van der Waals surface area contributed by atoms with Crippen molar-refractivity contribution < 1.29 is 4.79 Å². The van der Waals surface area contributed by atoms with E-state index < -0.39 is 0 Å². The van der Waals surface area contributed by atoms with Gasteiger partial charge in [-0.2, -0.15) is 12.1 Å². The van der Waals surface area contributed by atoms with Crippen LogP contribution in [-0.2, 0) is 0 Å². The Morgan fingerprint density at radius 3 is 2.18 bits per heavy atom. The molecule has 0 amide bonds. The van der Waals surface area contributed by atoms with Crippen LogP contribution in [0.2, 0.25) is 0 Å². The third kappa shape index (κ3) is 3.64. The molecule has 0 aliphatic heterocycles. The number of carbonyl (C=O) groups is 1. The van der Waals surface area contributed by atoms with Crippen molar-refractivity contribution in [2.75, 3.05) is 0 Å². The highest BCUT2D eigenvalue weighted by atomic mass is 16.1. The first-order valence-corrected chi connectivity index (χ1v) is 7.37. The van der Waals surface area contributed by atoms with Crippen LogP contribution in [0.3, 0.4) is 0 Å². The molecule has 0 N–H and O–H groups in total. The summed E-state index contributed by atoms with van der Waals surface area (Å²) in [5, 5.41) is 0. The van der Waals surface area contributed by atoms with E-state index in [2.05, 4.69) is 48.6 Å². The van der Waals surface area contributed by atoms with Gasteiger partial charge in [0.2, 0.25) is 0 Å². The van der Waals surface area contributed by atoms with E-state index in [0.717, 1.165) is 23.0 Å². The average molecular weight is 285 g/mol. The summed E-state index contributed by atoms with van der Waals surface area (Å²) in [6, 6.07) is 14.0. The van der Waals surface area contributed by atoms with Crippen LogP contribution < -0.4 is 0 Å². The highest BCUT2D eigenvalue weighted by Gasteiger charge is 1.99. The molecular weight excluding hydrogens is 268 g/mol. The van der Waals surface area contributed by atoms with Crippen LogP contribution in [0.4, 0.5) is 0 Å². The van der Waals surface area contributed by atoms with Crippen molar-refractivity contribution in [3.8, 4) is 0 Å². The van der Waals surface area contributed by atoms with Crippen LogP contribution in [0, 0.1) is 5.92 Å². The fourth-order valence-electron chi connectivity index (χ4n) is 2.45. The number of aldehydes is 1. The van der Waals surface area contributed by atoms with Crippen LogP contribution in [0.5, 0.6) is 0 Å². The van der Waals surface area contributed by atoms with E-state index in [1.165, 1.54) is 0 Å². The topological polar surface area (TPSA) is 17.1 Å². The van der Waals surface area contributed by atoms with Crippen molar-refractivity contribution >= 4 is 24.5 Å². The number of benzene rings is 1. The first kappa shape index (κ1) is 14.2. The summed E-state index contributed by atoms with van der Waals surface area (Å²) in [6.07, 6.45) is 17.6. The number of allylic oxidation sites excluding steroid dienone is 5. The van der Waals surface area contributed by atoms with Gasteiger partial charge in [-0.3, -0.25) is 4.79 Å². The van der Waals surface area contributed by atoms with E-state index in [4.69, 9.17) is 0 Å². The lowest BCUT2D eigenvalue weighted by Crippen LogP contribution is -1.86. The first-order chi connectivity index (χ1) is 10.8. The van der Waals surface area contributed by atoms with Crippen molar-refractivity contribution in [2.45, 2.75) is 0 Å². The number of rotatable bonds is 5. The first-order valence-electron chi connectivity index (χ1n) is 7.37. The Morgan fingerprint density at radius 1 is 0.864 bits per heavy atom. The molecular formula is C21H17O-. The Labute approximate surface area is 131 Å². The third-order valence-electron chi connectivity index (χ3n) is 3.58. The highest BCUT2D eigenvalue weighted by Crippen LogP contribution is 2.17. The van der Waals surface area contributed by atoms with Gasteiger partial charge in [0.25, 0.3) is 0 Å². The maximum Gasteiger partial charge on any atom is 0.150 e. The fourth-order valence-corrected chi connectivity index (χ4v) is 2.45. The molecule has 0 spiro atoms. The molecule has 1 heteroatoms. The van der Waals surface area contributed by atoms with E-state index in [-0.39, 0.29) is 0 Å². The highest BCUT2D eigenvalue weighted by molar-refractivity contribution is 5.80. The molecule has 3 rings (SSSR count). The van der Waals surface area contributed by atoms with Gasteiger partial charge in [-0.1, -0.05) is 54.2 Å². The van der Waals surface area contributed by atoms with Crippen molar-refractivity contribution in [3.05, 3.63) is 95.1 Å². The van der Waals surface area contributed by atoms with Gasteiger partial charge in [-0.05, 0) is 11.6 Å². The average Bonchev–Trinajstić information content (AvgIpc) is 3.24. The Bertz CT molecular complexity index is 743. The second-order valence-electron chi connectivity index (χ2n) is 5.31. The summed E-state index contributed by atoms with van der Waals surface area (Å²) in [5.41, 5.74) is 3.93. The number of hydrogen-bond acceptors (Lipinski definition) is 1. The van der Waals surface area contributed by atoms with Crippen molar-refractivity contribution in [1.82, 2.24) is 0 Å². The van der Waals surface area contributed by atoms with Crippen LogP contribution in [0.25, 0.3) is 18.2 Å². The molecule has 2 aromatic rings. The zero-order valence-corrected chi connectivity index (χ0v) is 12.2. The molecule has 22 heavy (non-hydrogen) atoms. The summed E-state index contributed by atoms with van der Waals surface area (Å²) < 4.78 is 0. The Kier molecular flexibility index (Phi) is 4.35. The van der Waals surface area contributed by atoms with E-state index in [0.29, 0.717) is 11.5 Å². The smallest absolute Gasteiger partial charge is 0.150 e. The normalized spacial score (nSPS) is 14.5. The van der Waals surface area contributed by atoms with E-state index >= 15 is 0 Å². The van der Waals surface area contributed by atoms with Gasteiger partial charge in [0.1, 0.15) is 6.29 Å². The summed E-state index contributed by atoms with van der Waals surface area (Å²) in [6.45, 7) is 0. The molecule has 2 aromatic carbocycles. The maximum absolute atomic E-state index is 11.1. The monoisotopic (exact) mass is 285 g/mol. The fraction of sp³-hybridized carbons (Fsp3) is 0.0476. The lowest BCUT2D eigenvalue weighted by molar-refractivity contribution is 0.112. The van der Waals surface area contributed by atoms with Crippen molar-refractivity contribution in [3.63, 3.8) is 0 Å². The number of carbonyl (C=O) groups excluding carboxylic acids is 1. The van der Waals surface area contributed by atoms with Gasteiger partial charge in [0, 0.05) is 11.5 Å². The molecule has 0 unspecified atom stereocenters. The van der Waals surface area contributed by atoms with Gasteiger partial charge in [0.15, 0.2) is 0 Å². The van der Waals surface area contributed by atoms with E-state index in [1.807, 2.05) is 42.5 Å². The van der Waals surface area contributed by atoms with Crippen LogP contribution in [0.1, 0.15) is 27.0 Å². The molecule has 0 bridgehead atoms. The summed E-state index contributed by atoms with van der Waals surface area (Å²) >= 11 is 0. The second-order valence-corrected chi connectivity index (χ2v) is 5.31. The Hall–Kier alpha value is -2.80. The van der Waals surface area contributed by atoms with Crippen molar-refractivity contribution in [1.29, 1.82) is 0 Å². The quantitative estimate of drug-likeness (QED) is 0.549. The molecule has 0 saturated carbocycles. The summed E-state index contributed by atoms with van der Waals surface area (Å²) in [5.74, 6) is 0.350. The van der Waals surface area contributed by atoms with Crippen LogP contribution in [0.15, 0.2) is 72.8 Å². The SMILES string of the molecule is O=Cc1cc(C=C[c-]2cccc2)cc(C=CC2C=CC=C2)c1. The molecule has 0 saturated heterocycles. The van der Waals surface area contributed by atoms with Crippen molar-refractivity contribution in [2.24, 2.45) is 5.92 Å². The van der Waals surface area contributed by atoms with Gasteiger partial charge < -0.3 is 0 Å². The molecule has 0 aromatic heterocycles. The zero-order chi connectivity index (χ0) is 15.2. The van der Waals surface area contributed by atoms with Gasteiger partial charge in [-0.15, -0.1) is 29.8 Å². The Balaban J connectivity index is 1.84. The minimum absolute atomic E-state index is 0.350. The molecule has 0 radical (unpaired) electrons. The molecule has 1 aliphatic carbocycles. The van der Waals surface area contributed by atoms with Crippen LogP contribution >= 0.6 is 0 Å². The van der Waals surface area contributed by atoms with E-state index in [9.17, 15) is 4.79 Å². The predicted molar refractivity (Wildman–Crippen MR) is 93.6 cm³/mol. The lowest BCUT2D eigenvalue weighted by Gasteiger charge is -2.03. The standard InChI is InChI=1S/C21H17O/c22-16-21-14-19(11-9-17-5-1-2-6-17)13-20(15-21)12-10-18-7-3-4-8-18/h1-17H/q-1. The van der Waals surface area contributed by atoms with Gasteiger partial charge in [0.05, 0.1) is 0 Å². The molecule has 0 fully saturated rings. The maximum atomic E-state index is 11.1. The largest absolute Gasteiger partial charge is 0.298 e. The number of hydrogen-bond donors (Lipinski definition) is 0. The summed E-state index contributed by atoms with van der Waals surface area (Å²) in [7, 11) is 0. The lowest BCUT2D eigenvalue weighted by atomic mass is 10.0. The minimum Gasteiger partial charge on any atom is -0.298 e. The third-order valence-corrected chi connectivity index (χ3v) is 3.58. The second kappa shape index (κ2) is 6.77. The van der Waals surface area contributed by atoms with E-state index in [1.54, 1.807) is 0 Å². The Morgan fingerprint density at radius 2 is 1.50 bits per heavy atom. The van der Waals surface area contributed by atoms with Gasteiger partial charge >= 0.3 is 0 Å². The zero-order valence-electron chi connectivity index (χ0n) is 12.2. The summed E-state index contributed by atoms with van der Waals surface area (Å²) in [4.78, 5) is 11.1. The van der Waals surface area contributed by atoms with Crippen LogP contribution in [-0.4, -0.2) is 6.29 Å². The molecule has 108 valence electrons. The molecule has 0 atom stereocenters. The molecule has 1 nitrogen and oxygen atoms in total. The minimum atomic E-state index is 0.350.